The maximum atomic E-state index is 12.2. The maximum absolute atomic E-state index is 12.2. The molecule has 0 atom stereocenters. The standard InChI is InChI=1S/C10H8F3IO/c11-10(12,13)8-3-1-7(2-4-8)9(15)5-6-14/h1-4H,5-6H2. The van der Waals surface area contributed by atoms with Crippen LogP contribution in [0.15, 0.2) is 24.3 Å². The minimum Gasteiger partial charge on any atom is -0.294 e. The van der Waals surface area contributed by atoms with E-state index in [9.17, 15) is 18.0 Å². The molecule has 0 aromatic heterocycles. The number of rotatable bonds is 3. The SMILES string of the molecule is O=C(CCI)c1ccc(C(F)(F)F)cc1. The van der Waals surface area contributed by atoms with E-state index in [1.807, 2.05) is 22.6 Å². The number of Topliss-reactive ketones (excluding diaryl/α,β-unsaturated/α-hetero) is 1. The highest BCUT2D eigenvalue weighted by atomic mass is 127. The van der Waals surface area contributed by atoms with Crippen molar-refractivity contribution >= 4 is 28.4 Å². The van der Waals surface area contributed by atoms with Gasteiger partial charge in [0.25, 0.3) is 0 Å². The van der Waals surface area contributed by atoms with Gasteiger partial charge in [-0.3, -0.25) is 4.79 Å². The number of benzene rings is 1. The van der Waals surface area contributed by atoms with Gasteiger partial charge in [-0.1, -0.05) is 34.7 Å². The number of carbonyl (C=O) groups excluding carboxylic acids is 1. The second-order valence-electron chi connectivity index (χ2n) is 2.94. The number of ketones is 1. The van der Waals surface area contributed by atoms with Gasteiger partial charge in [0.2, 0.25) is 0 Å². The predicted molar refractivity (Wildman–Crippen MR) is 59.3 cm³/mol. The topological polar surface area (TPSA) is 17.1 Å². The van der Waals surface area contributed by atoms with Crippen LogP contribution in [0.3, 0.4) is 0 Å². The summed E-state index contributed by atoms with van der Waals surface area (Å²) in [6.45, 7) is 0. The van der Waals surface area contributed by atoms with Gasteiger partial charge in [0.05, 0.1) is 5.56 Å². The fourth-order valence-electron chi connectivity index (χ4n) is 1.08. The normalized spacial score (nSPS) is 11.5. The van der Waals surface area contributed by atoms with Crippen molar-refractivity contribution < 1.29 is 18.0 Å². The van der Waals surface area contributed by atoms with Crippen molar-refractivity contribution in [1.82, 2.24) is 0 Å². The Bertz CT molecular complexity index is 343. The predicted octanol–water partition coefficient (Wildman–Crippen LogP) is 3.71. The highest BCUT2D eigenvalue weighted by Crippen LogP contribution is 2.29. The lowest BCUT2D eigenvalue weighted by atomic mass is 10.1. The van der Waals surface area contributed by atoms with Crippen molar-refractivity contribution in [2.75, 3.05) is 4.43 Å². The molecule has 0 saturated carbocycles. The summed E-state index contributed by atoms with van der Waals surface area (Å²) in [5, 5.41) is 0. The molecule has 0 aliphatic heterocycles. The van der Waals surface area contributed by atoms with E-state index in [1.165, 1.54) is 12.1 Å². The molecule has 0 heterocycles. The van der Waals surface area contributed by atoms with E-state index < -0.39 is 11.7 Å². The van der Waals surface area contributed by atoms with Crippen LogP contribution < -0.4 is 0 Å². The van der Waals surface area contributed by atoms with Gasteiger partial charge in [0.1, 0.15) is 0 Å². The van der Waals surface area contributed by atoms with E-state index in [0.29, 0.717) is 16.4 Å². The Morgan fingerprint density at radius 2 is 1.73 bits per heavy atom. The average molecular weight is 328 g/mol. The molecule has 0 unspecified atom stereocenters. The van der Waals surface area contributed by atoms with Crippen molar-refractivity contribution in [3.05, 3.63) is 35.4 Å². The number of alkyl halides is 4. The van der Waals surface area contributed by atoms with Crippen LogP contribution in [0.4, 0.5) is 13.2 Å². The third-order valence-corrected chi connectivity index (χ3v) is 2.40. The van der Waals surface area contributed by atoms with E-state index in [0.717, 1.165) is 12.1 Å². The van der Waals surface area contributed by atoms with Gasteiger partial charge in [-0.2, -0.15) is 13.2 Å². The van der Waals surface area contributed by atoms with Crippen LogP contribution in [-0.2, 0) is 6.18 Å². The van der Waals surface area contributed by atoms with Crippen LogP contribution >= 0.6 is 22.6 Å². The van der Waals surface area contributed by atoms with E-state index in [1.54, 1.807) is 0 Å². The van der Waals surface area contributed by atoms with Crippen molar-refractivity contribution in [3.8, 4) is 0 Å². The molecule has 0 aliphatic rings. The molecule has 0 amide bonds. The molecule has 0 spiro atoms. The first kappa shape index (κ1) is 12.5. The quantitative estimate of drug-likeness (QED) is 0.470. The monoisotopic (exact) mass is 328 g/mol. The molecule has 0 N–H and O–H groups in total. The van der Waals surface area contributed by atoms with Crippen molar-refractivity contribution in [2.24, 2.45) is 0 Å². The third kappa shape index (κ3) is 3.48. The zero-order valence-electron chi connectivity index (χ0n) is 7.64. The van der Waals surface area contributed by atoms with Gasteiger partial charge in [0.15, 0.2) is 5.78 Å². The van der Waals surface area contributed by atoms with E-state index in [2.05, 4.69) is 0 Å². The van der Waals surface area contributed by atoms with Crippen molar-refractivity contribution in [1.29, 1.82) is 0 Å². The highest BCUT2D eigenvalue weighted by molar-refractivity contribution is 14.1. The third-order valence-electron chi connectivity index (χ3n) is 1.86. The first-order chi connectivity index (χ1) is 6.95. The summed E-state index contributed by atoms with van der Waals surface area (Å²) in [5.74, 6) is -0.127. The van der Waals surface area contributed by atoms with E-state index in [-0.39, 0.29) is 5.78 Å². The average Bonchev–Trinajstić information content (AvgIpc) is 2.17. The molecule has 15 heavy (non-hydrogen) atoms. The van der Waals surface area contributed by atoms with Gasteiger partial charge in [-0.25, -0.2) is 0 Å². The minimum absolute atomic E-state index is 0.127. The van der Waals surface area contributed by atoms with Crippen LogP contribution in [0.2, 0.25) is 0 Å². The zero-order valence-corrected chi connectivity index (χ0v) is 9.80. The first-order valence-corrected chi connectivity index (χ1v) is 5.74. The molecule has 0 radical (unpaired) electrons. The zero-order chi connectivity index (χ0) is 11.5. The molecule has 1 aromatic carbocycles. The van der Waals surface area contributed by atoms with E-state index in [4.69, 9.17) is 0 Å². The Labute approximate surface area is 98.8 Å². The summed E-state index contributed by atoms with van der Waals surface area (Å²) in [6, 6.07) is 4.30. The van der Waals surface area contributed by atoms with Gasteiger partial charge >= 0.3 is 6.18 Å². The highest BCUT2D eigenvalue weighted by Gasteiger charge is 2.30. The Balaban J connectivity index is 2.86. The van der Waals surface area contributed by atoms with Gasteiger partial charge in [-0.15, -0.1) is 0 Å². The van der Waals surface area contributed by atoms with Crippen molar-refractivity contribution in [2.45, 2.75) is 12.6 Å². The second-order valence-corrected chi connectivity index (χ2v) is 4.02. The van der Waals surface area contributed by atoms with Crippen molar-refractivity contribution in [3.63, 3.8) is 0 Å². The van der Waals surface area contributed by atoms with Gasteiger partial charge < -0.3 is 0 Å². The van der Waals surface area contributed by atoms with Gasteiger partial charge in [0, 0.05) is 16.4 Å². The Morgan fingerprint density at radius 3 is 2.13 bits per heavy atom. The Morgan fingerprint density at radius 1 is 1.20 bits per heavy atom. The summed E-state index contributed by atoms with van der Waals surface area (Å²) in [4.78, 5) is 11.3. The molecular weight excluding hydrogens is 320 g/mol. The maximum Gasteiger partial charge on any atom is 0.416 e. The number of halogens is 4. The number of hydrogen-bond donors (Lipinski definition) is 0. The smallest absolute Gasteiger partial charge is 0.294 e. The molecule has 0 fully saturated rings. The van der Waals surface area contributed by atoms with Crippen LogP contribution in [0, 0.1) is 0 Å². The lowest BCUT2D eigenvalue weighted by Gasteiger charge is -2.06. The Kier molecular flexibility index (Phi) is 4.12. The fraction of sp³-hybridized carbons (Fsp3) is 0.300. The molecule has 0 aliphatic carbocycles. The largest absolute Gasteiger partial charge is 0.416 e. The van der Waals surface area contributed by atoms with Gasteiger partial charge in [-0.05, 0) is 12.1 Å². The fourth-order valence-corrected chi connectivity index (χ4v) is 1.57. The molecule has 5 heteroatoms. The molecule has 82 valence electrons. The summed E-state index contributed by atoms with van der Waals surface area (Å²) in [5.41, 5.74) is -0.395. The molecule has 1 aromatic rings. The summed E-state index contributed by atoms with van der Waals surface area (Å²) in [6.07, 6.45) is -3.99. The minimum atomic E-state index is -4.34. The van der Waals surface area contributed by atoms with Crippen LogP contribution in [0.25, 0.3) is 0 Å². The molecule has 0 saturated heterocycles. The van der Waals surface area contributed by atoms with Crippen LogP contribution in [0.1, 0.15) is 22.3 Å². The van der Waals surface area contributed by atoms with E-state index >= 15 is 0 Å². The van der Waals surface area contributed by atoms with Crippen LogP contribution in [-0.4, -0.2) is 10.2 Å². The molecule has 1 rings (SSSR count). The summed E-state index contributed by atoms with van der Waals surface area (Å²) >= 11 is 2.05. The summed E-state index contributed by atoms with van der Waals surface area (Å²) in [7, 11) is 0. The number of hydrogen-bond acceptors (Lipinski definition) is 1. The van der Waals surface area contributed by atoms with Crippen LogP contribution in [0.5, 0.6) is 0 Å². The molecule has 1 nitrogen and oxygen atoms in total. The second kappa shape index (κ2) is 4.96. The lowest BCUT2D eigenvalue weighted by molar-refractivity contribution is -0.137. The first-order valence-electron chi connectivity index (χ1n) is 4.21. The number of carbonyl (C=O) groups is 1. The Hall–Kier alpha value is -0.590. The lowest BCUT2D eigenvalue weighted by Crippen LogP contribution is -2.06. The molecule has 0 bridgehead atoms. The molecular formula is C10H8F3IO. The summed E-state index contributed by atoms with van der Waals surface area (Å²) < 4.78 is 37.2.